The number of fused-ring (bicyclic) bond motifs is 1. The number of benzene rings is 1. The highest BCUT2D eigenvalue weighted by Crippen LogP contribution is 2.32. The van der Waals surface area contributed by atoms with Gasteiger partial charge >= 0.3 is 0 Å². The molecule has 1 aromatic rings. The normalized spacial score (nSPS) is 17.6. The Kier molecular flexibility index (Phi) is 8.08. The monoisotopic (exact) mass is 295 g/mol. The quantitative estimate of drug-likeness (QED) is 0.863. The van der Waals surface area contributed by atoms with Crippen LogP contribution in [-0.2, 0) is 6.54 Å². The standard InChI is InChI=1S/C15H23NOS.C2H6/c1-4-5-6-13-10-18-15-7-11(2)14(17-3)8-12(15)9-16-13;1-2/h7-8,13,16H,4-6,9-10H2,1-3H3;1-2H3. The molecule has 3 heteroatoms. The zero-order chi connectivity index (χ0) is 15.0. The highest BCUT2D eigenvalue weighted by molar-refractivity contribution is 7.99. The summed E-state index contributed by atoms with van der Waals surface area (Å²) in [6.07, 6.45) is 3.88. The summed E-state index contributed by atoms with van der Waals surface area (Å²) in [6, 6.07) is 5.10. The van der Waals surface area contributed by atoms with Gasteiger partial charge in [-0.05, 0) is 36.6 Å². The van der Waals surface area contributed by atoms with Crippen molar-refractivity contribution in [3.8, 4) is 5.75 Å². The molecule has 0 saturated heterocycles. The summed E-state index contributed by atoms with van der Waals surface area (Å²) in [4.78, 5) is 1.42. The summed E-state index contributed by atoms with van der Waals surface area (Å²) < 4.78 is 5.41. The van der Waals surface area contributed by atoms with Gasteiger partial charge in [0.05, 0.1) is 7.11 Å². The maximum absolute atomic E-state index is 5.41. The maximum Gasteiger partial charge on any atom is 0.122 e. The van der Waals surface area contributed by atoms with Gasteiger partial charge in [-0.15, -0.1) is 11.8 Å². The molecule has 1 heterocycles. The van der Waals surface area contributed by atoms with Gasteiger partial charge in [-0.2, -0.15) is 0 Å². The molecular weight excluding hydrogens is 266 g/mol. The van der Waals surface area contributed by atoms with E-state index >= 15 is 0 Å². The minimum absolute atomic E-state index is 0.647. The molecule has 0 saturated carbocycles. The van der Waals surface area contributed by atoms with E-state index in [2.05, 4.69) is 31.3 Å². The molecule has 114 valence electrons. The van der Waals surface area contributed by atoms with Crippen LogP contribution in [0.4, 0.5) is 0 Å². The maximum atomic E-state index is 5.41. The minimum Gasteiger partial charge on any atom is -0.496 e. The first-order chi connectivity index (χ1) is 9.74. The van der Waals surface area contributed by atoms with E-state index in [9.17, 15) is 0 Å². The van der Waals surface area contributed by atoms with Gasteiger partial charge in [-0.1, -0.05) is 33.6 Å². The third-order valence-electron chi connectivity index (χ3n) is 3.51. The third-order valence-corrected chi connectivity index (χ3v) is 4.77. The lowest BCUT2D eigenvalue weighted by molar-refractivity contribution is 0.410. The van der Waals surface area contributed by atoms with Crippen LogP contribution in [0.25, 0.3) is 0 Å². The van der Waals surface area contributed by atoms with Crippen LogP contribution < -0.4 is 10.1 Å². The largest absolute Gasteiger partial charge is 0.496 e. The molecule has 0 aliphatic carbocycles. The van der Waals surface area contributed by atoms with Gasteiger partial charge in [0.2, 0.25) is 0 Å². The molecule has 20 heavy (non-hydrogen) atoms. The predicted molar refractivity (Wildman–Crippen MR) is 90.0 cm³/mol. The number of ether oxygens (including phenoxy) is 1. The summed E-state index contributed by atoms with van der Waals surface area (Å²) in [5.74, 6) is 2.18. The van der Waals surface area contributed by atoms with E-state index in [1.165, 1.54) is 41.0 Å². The summed E-state index contributed by atoms with van der Waals surface area (Å²) >= 11 is 1.98. The van der Waals surface area contributed by atoms with Crippen LogP contribution in [-0.4, -0.2) is 18.9 Å². The Bertz CT molecular complexity index is 406. The second-order valence-electron chi connectivity index (χ2n) is 4.96. The molecule has 0 amide bonds. The van der Waals surface area contributed by atoms with Gasteiger partial charge < -0.3 is 10.1 Å². The van der Waals surface area contributed by atoms with E-state index in [0.717, 1.165) is 12.3 Å². The van der Waals surface area contributed by atoms with Crippen molar-refractivity contribution in [2.75, 3.05) is 12.9 Å². The van der Waals surface area contributed by atoms with E-state index in [0.29, 0.717) is 6.04 Å². The van der Waals surface area contributed by atoms with Crippen LogP contribution in [0.1, 0.15) is 51.2 Å². The first kappa shape index (κ1) is 17.4. The minimum atomic E-state index is 0.647. The number of hydrogen-bond acceptors (Lipinski definition) is 3. The van der Waals surface area contributed by atoms with Gasteiger partial charge in [0.25, 0.3) is 0 Å². The smallest absolute Gasteiger partial charge is 0.122 e. The molecule has 1 unspecified atom stereocenters. The SMILES string of the molecule is CC.CCCCC1CSc2cc(C)c(OC)cc2CN1. The zero-order valence-electron chi connectivity index (χ0n) is 13.6. The van der Waals surface area contributed by atoms with E-state index in [-0.39, 0.29) is 0 Å². The van der Waals surface area contributed by atoms with Crippen LogP contribution in [0.2, 0.25) is 0 Å². The number of nitrogens with one attached hydrogen (secondary N) is 1. The molecule has 1 atom stereocenters. The van der Waals surface area contributed by atoms with Gasteiger partial charge in [-0.3, -0.25) is 0 Å². The summed E-state index contributed by atoms with van der Waals surface area (Å²) in [7, 11) is 1.75. The number of thioether (sulfide) groups is 1. The summed E-state index contributed by atoms with van der Waals surface area (Å²) in [6.45, 7) is 9.34. The molecule has 0 spiro atoms. The molecule has 0 radical (unpaired) electrons. The van der Waals surface area contributed by atoms with Crippen molar-refractivity contribution in [3.05, 3.63) is 23.3 Å². The Morgan fingerprint density at radius 3 is 2.75 bits per heavy atom. The second-order valence-corrected chi connectivity index (χ2v) is 6.02. The Morgan fingerprint density at radius 1 is 1.35 bits per heavy atom. The molecule has 0 fully saturated rings. The number of unbranched alkanes of at least 4 members (excludes halogenated alkanes) is 1. The van der Waals surface area contributed by atoms with Gasteiger partial charge in [-0.25, -0.2) is 0 Å². The summed E-state index contributed by atoms with van der Waals surface area (Å²) in [5, 5.41) is 3.67. The van der Waals surface area contributed by atoms with Crippen molar-refractivity contribution in [2.45, 2.75) is 64.4 Å². The fraction of sp³-hybridized carbons (Fsp3) is 0.647. The number of rotatable bonds is 4. The topological polar surface area (TPSA) is 21.3 Å². The van der Waals surface area contributed by atoms with Gasteiger partial charge in [0.1, 0.15) is 5.75 Å². The Hall–Kier alpha value is -0.670. The molecule has 2 nitrogen and oxygen atoms in total. The van der Waals surface area contributed by atoms with E-state index < -0.39 is 0 Å². The molecule has 2 rings (SSSR count). The van der Waals surface area contributed by atoms with Crippen LogP contribution in [0.15, 0.2) is 17.0 Å². The lowest BCUT2D eigenvalue weighted by atomic mass is 10.1. The molecule has 0 aromatic heterocycles. The number of aryl methyl sites for hydroxylation is 1. The van der Waals surface area contributed by atoms with E-state index in [1.54, 1.807) is 7.11 Å². The third kappa shape index (κ3) is 4.71. The molecule has 1 aliphatic rings. The lowest BCUT2D eigenvalue weighted by Gasteiger charge is -2.14. The van der Waals surface area contributed by atoms with Crippen molar-refractivity contribution in [2.24, 2.45) is 0 Å². The van der Waals surface area contributed by atoms with E-state index in [1.807, 2.05) is 25.6 Å². The molecule has 1 N–H and O–H groups in total. The first-order valence-electron chi connectivity index (χ1n) is 7.78. The first-order valence-corrected chi connectivity index (χ1v) is 8.76. The Morgan fingerprint density at radius 2 is 2.10 bits per heavy atom. The lowest BCUT2D eigenvalue weighted by Crippen LogP contribution is -2.29. The molecule has 0 bridgehead atoms. The van der Waals surface area contributed by atoms with Crippen molar-refractivity contribution in [1.29, 1.82) is 0 Å². The molecule has 1 aromatic carbocycles. The molecular formula is C17H29NOS. The van der Waals surface area contributed by atoms with Crippen LogP contribution in [0, 0.1) is 6.92 Å². The van der Waals surface area contributed by atoms with E-state index in [4.69, 9.17) is 4.74 Å². The summed E-state index contributed by atoms with van der Waals surface area (Å²) in [5.41, 5.74) is 2.61. The van der Waals surface area contributed by atoms with Crippen LogP contribution in [0.3, 0.4) is 0 Å². The van der Waals surface area contributed by atoms with Crippen molar-refractivity contribution in [1.82, 2.24) is 5.32 Å². The zero-order valence-corrected chi connectivity index (χ0v) is 14.4. The predicted octanol–water partition coefficient (Wildman–Crippen LogP) is 4.78. The van der Waals surface area contributed by atoms with Gasteiger partial charge in [0, 0.05) is 23.2 Å². The Labute approximate surface area is 128 Å². The van der Waals surface area contributed by atoms with Gasteiger partial charge in [0.15, 0.2) is 0 Å². The highest BCUT2D eigenvalue weighted by atomic mass is 32.2. The average molecular weight is 295 g/mol. The molecule has 1 aliphatic heterocycles. The Balaban J connectivity index is 0.000000956. The van der Waals surface area contributed by atoms with Crippen LogP contribution >= 0.6 is 11.8 Å². The fourth-order valence-electron chi connectivity index (χ4n) is 2.34. The average Bonchev–Trinajstić information content (AvgIpc) is 2.68. The van der Waals surface area contributed by atoms with Crippen LogP contribution in [0.5, 0.6) is 5.75 Å². The number of hydrogen-bond donors (Lipinski definition) is 1. The van der Waals surface area contributed by atoms with Crippen molar-refractivity contribution >= 4 is 11.8 Å². The highest BCUT2D eigenvalue weighted by Gasteiger charge is 2.17. The fourth-order valence-corrected chi connectivity index (χ4v) is 3.58. The second kappa shape index (κ2) is 9.30. The number of methoxy groups -OCH3 is 1. The van der Waals surface area contributed by atoms with Crippen molar-refractivity contribution < 1.29 is 4.74 Å². The van der Waals surface area contributed by atoms with Crippen molar-refractivity contribution in [3.63, 3.8) is 0 Å².